The molecule has 0 aliphatic rings. The van der Waals surface area contributed by atoms with Crippen molar-refractivity contribution in [2.24, 2.45) is 0 Å². The Kier molecular flexibility index (Phi) is 4.80. The lowest BCUT2D eigenvalue weighted by Gasteiger charge is -2.13. The summed E-state index contributed by atoms with van der Waals surface area (Å²) < 4.78 is 4.98. The summed E-state index contributed by atoms with van der Waals surface area (Å²) in [5, 5.41) is 15.7. The van der Waals surface area contributed by atoms with Crippen LogP contribution in [0.25, 0.3) is 10.8 Å². The van der Waals surface area contributed by atoms with Crippen LogP contribution in [0.4, 0.5) is 4.79 Å². The number of hydrogen-bond donors (Lipinski definition) is 3. The van der Waals surface area contributed by atoms with Gasteiger partial charge in [-0.05, 0) is 18.4 Å². The number of carbonyl (C=O) groups excluding carboxylic acids is 3. The summed E-state index contributed by atoms with van der Waals surface area (Å²) in [5.74, 6) is -1.84. The molecular formula is C16H16N2O5. The van der Waals surface area contributed by atoms with Gasteiger partial charge in [0.15, 0.2) is 6.10 Å². The molecule has 0 aliphatic heterocycles. The standard InChI is InChI=1S/C16H16N2O5/c1-9(14(20)18-16(22)17-2)23-15(21)12-8-7-10-5-3-4-6-11(10)13(12)19/h3-9,19H,1-2H3,(H2,17,18,20,22). The highest BCUT2D eigenvalue weighted by Crippen LogP contribution is 2.29. The van der Waals surface area contributed by atoms with Gasteiger partial charge in [0.2, 0.25) is 0 Å². The normalized spacial score (nSPS) is 11.6. The second-order valence-electron chi connectivity index (χ2n) is 4.80. The number of nitrogens with one attached hydrogen (secondary N) is 2. The zero-order valence-corrected chi connectivity index (χ0v) is 12.6. The maximum Gasteiger partial charge on any atom is 0.342 e. The Balaban J connectivity index is 2.16. The van der Waals surface area contributed by atoms with Gasteiger partial charge in [0.1, 0.15) is 11.3 Å². The number of hydrogen-bond acceptors (Lipinski definition) is 5. The molecule has 3 N–H and O–H groups in total. The van der Waals surface area contributed by atoms with Crippen molar-refractivity contribution in [3.05, 3.63) is 42.0 Å². The molecule has 2 rings (SSSR count). The Morgan fingerprint density at radius 2 is 1.83 bits per heavy atom. The van der Waals surface area contributed by atoms with E-state index in [1.165, 1.54) is 20.0 Å². The number of aromatic hydroxyl groups is 1. The van der Waals surface area contributed by atoms with Gasteiger partial charge in [-0.25, -0.2) is 9.59 Å². The third kappa shape index (κ3) is 3.57. The van der Waals surface area contributed by atoms with Crippen LogP contribution in [0.2, 0.25) is 0 Å². The van der Waals surface area contributed by atoms with E-state index >= 15 is 0 Å². The van der Waals surface area contributed by atoms with Crippen molar-refractivity contribution in [2.45, 2.75) is 13.0 Å². The van der Waals surface area contributed by atoms with Crippen LogP contribution in [-0.2, 0) is 9.53 Å². The molecule has 0 saturated heterocycles. The minimum Gasteiger partial charge on any atom is -0.506 e. The van der Waals surface area contributed by atoms with Gasteiger partial charge in [0, 0.05) is 12.4 Å². The smallest absolute Gasteiger partial charge is 0.342 e. The first-order valence-corrected chi connectivity index (χ1v) is 6.88. The van der Waals surface area contributed by atoms with Crippen LogP contribution in [0.15, 0.2) is 36.4 Å². The number of phenols is 1. The fraction of sp³-hybridized carbons (Fsp3) is 0.188. The molecule has 0 aliphatic carbocycles. The van der Waals surface area contributed by atoms with Gasteiger partial charge in [-0.15, -0.1) is 0 Å². The zero-order chi connectivity index (χ0) is 17.0. The number of imide groups is 1. The molecule has 1 atom stereocenters. The molecule has 0 radical (unpaired) electrons. The number of phenolic OH excluding ortho intramolecular Hbond substituents is 1. The highest BCUT2D eigenvalue weighted by Gasteiger charge is 2.22. The van der Waals surface area contributed by atoms with Gasteiger partial charge >= 0.3 is 12.0 Å². The summed E-state index contributed by atoms with van der Waals surface area (Å²) in [6.07, 6.45) is -1.19. The number of rotatable bonds is 3. The van der Waals surface area contributed by atoms with E-state index in [1.807, 2.05) is 11.4 Å². The largest absolute Gasteiger partial charge is 0.506 e. The van der Waals surface area contributed by atoms with Crippen LogP contribution < -0.4 is 10.6 Å². The third-order valence-corrected chi connectivity index (χ3v) is 3.24. The summed E-state index contributed by atoms with van der Waals surface area (Å²) in [5.41, 5.74) is -0.0525. The first-order valence-electron chi connectivity index (χ1n) is 6.88. The molecule has 0 heterocycles. The van der Waals surface area contributed by atoms with E-state index < -0.39 is 24.0 Å². The van der Waals surface area contributed by atoms with Crippen LogP contribution in [0.3, 0.4) is 0 Å². The lowest BCUT2D eigenvalue weighted by atomic mass is 10.1. The Morgan fingerprint density at radius 3 is 2.52 bits per heavy atom. The first kappa shape index (κ1) is 16.3. The third-order valence-electron chi connectivity index (χ3n) is 3.24. The lowest BCUT2D eigenvalue weighted by Crippen LogP contribution is -2.43. The van der Waals surface area contributed by atoms with E-state index in [1.54, 1.807) is 24.3 Å². The molecule has 0 fully saturated rings. The van der Waals surface area contributed by atoms with Crippen LogP contribution in [0.1, 0.15) is 17.3 Å². The Morgan fingerprint density at radius 1 is 1.13 bits per heavy atom. The molecule has 7 nitrogen and oxygen atoms in total. The minimum atomic E-state index is -1.19. The van der Waals surface area contributed by atoms with Gasteiger partial charge in [-0.1, -0.05) is 30.3 Å². The number of esters is 1. The maximum absolute atomic E-state index is 12.1. The Hall–Kier alpha value is -3.09. The fourth-order valence-electron chi connectivity index (χ4n) is 1.97. The summed E-state index contributed by atoms with van der Waals surface area (Å²) in [6, 6.07) is 9.39. The van der Waals surface area contributed by atoms with Crippen molar-refractivity contribution >= 4 is 28.7 Å². The Bertz CT molecular complexity index is 772. The average molecular weight is 316 g/mol. The number of benzene rings is 2. The second-order valence-corrected chi connectivity index (χ2v) is 4.80. The molecule has 23 heavy (non-hydrogen) atoms. The molecule has 0 spiro atoms. The predicted molar refractivity (Wildman–Crippen MR) is 83.1 cm³/mol. The summed E-state index contributed by atoms with van der Waals surface area (Å²) >= 11 is 0. The summed E-state index contributed by atoms with van der Waals surface area (Å²) in [7, 11) is 1.35. The van der Waals surface area contributed by atoms with Gasteiger partial charge in [-0.2, -0.15) is 0 Å². The average Bonchev–Trinajstić information content (AvgIpc) is 2.54. The van der Waals surface area contributed by atoms with E-state index in [-0.39, 0.29) is 11.3 Å². The van der Waals surface area contributed by atoms with Gasteiger partial charge in [0.25, 0.3) is 5.91 Å². The lowest BCUT2D eigenvalue weighted by molar-refractivity contribution is -0.127. The van der Waals surface area contributed by atoms with Crippen molar-refractivity contribution in [2.75, 3.05) is 7.05 Å². The Labute approximate surface area is 132 Å². The van der Waals surface area contributed by atoms with Crippen molar-refractivity contribution in [3.63, 3.8) is 0 Å². The number of fused-ring (bicyclic) bond motifs is 1. The first-order chi connectivity index (χ1) is 10.9. The van der Waals surface area contributed by atoms with Crippen LogP contribution >= 0.6 is 0 Å². The van der Waals surface area contributed by atoms with Gasteiger partial charge < -0.3 is 15.2 Å². The maximum atomic E-state index is 12.1. The SMILES string of the molecule is CNC(=O)NC(=O)C(C)OC(=O)c1ccc2ccccc2c1O. The van der Waals surface area contributed by atoms with E-state index in [2.05, 4.69) is 5.32 Å². The highest BCUT2D eigenvalue weighted by molar-refractivity contribution is 6.02. The van der Waals surface area contributed by atoms with Crippen molar-refractivity contribution < 1.29 is 24.2 Å². The monoisotopic (exact) mass is 316 g/mol. The number of amides is 3. The van der Waals surface area contributed by atoms with Gasteiger partial charge in [0.05, 0.1) is 0 Å². The van der Waals surface area contributed by atoms with Crippen molar-refractivity contribution in [3.8, 4) is 5.75 Å². The van der Waals surface area contributed by atoms with E-state index in [0.29, 0.717) is 5.39 Å². The molecule has 0 aromatic heterocycles. The van der Waals surface area contributed by atoms with Crippen molar-refractivity contribution in [1.82, 2.24) is 10.6 Å². The zero-order valence-electron chi connectivity index (χ0n) is 12.6. The molecular weight excluding hydrogens is 300 g/mol. The molecule has 120 valence electrons. The number of urea groups is 1. The number of carbonyl (C=O) groups is 3. The summed E-state index contributed by atoms with van der Waals surface area (Å²) in [4.78, 5) is 34.8. The molecule has 2 aromatic rings. The van der Waals surface area contributed by atoms with E-state index in [4.69, 9.17) is 4.74 Å². The van der Waals surface area contributed by atoms with E-state index in [0.717, 1.165) is 5.39 Å². The van der Waals surface area contributed by atoms with Crippen LogP contribution in [0.5, 0.6) is 5.75 Å². The predicted octanol–water partition coefficient (Wildman–Crippen LogP) is 1.55. The van der Waals surface area contributed by atoms with Gasteiger partial charge in [-0.3, -0.25) is 10.1 Å². The summed E-state index contributed by atoms with van der Waals surface area (Å²) in [6.45, 7) is 1.33. The van der Waals surface area contributed by atoms with Crippen molar-refractivity contribution in [1.29, 1.82) is 0 Å². The van der Waals surface area contributed by atoms with Crippen LogP contribution in [-0.4, -0.2) is 36.2 Å². The molecule has 2 aromatic carbocycles. The molecule has 0 saturated carbocycles. The second kappa shape index (κ2) is 6.78. The molecule has 1 unspecified atom stereocenters. The highest BCUT2D eigenvalue weighted by atomic mass is 16.5. The molecule has 7 heteroatoms. The fourth-order valence-corrected chi connectivity index (χ4v) is 1.97. The quantitative estimate of drug-likeness (QED) is 0.745. The molecule has 0 bridgehead atoms. The minimum absolute atomic E-state index is 0.0525. The number of ether oxygens (including phenoxy) is 1. The topological polar surface area (TPSA) is 105 Å². The van der Waals surface area contributed by atoms with Crippen LogP contribution in [0, 0.1) is 0 Å². The molecule has 3 amide bonds. The van der Waals surface area contributed by atoms with E-state index in [9.17, 15) is 19.5 Å².